The van der Waals surface area contributed by atoms with Crippen LogP contribution in [0.3, 0.4) is 0 Å². The lowest BCUT2D eigenvalue weighted by Gasteiger charge is -2.35. The first-order valence-electron chi connectivity index (χ1n) is 7.88. The van der Waals surface area contributed by atoms with Crippen LogP contribution < -0.4 is 10.0 Å². The van der Waals surface area contributed by atoms with Gasteiger partial charge in [-0.25, -0.2) is 0 Å². The van der Waals surface area contributed by atoms with Crippen molar-refractivity contribution in [2.75, 3.05) is 40.3 Å². The molecule has 126 valence electrons. The molecule has 21 heavy (non-hydrogen) atoms. The Hall–Kier alpha value is -0.210. The topological polar surface area (TPSA) is 64.7 Å². The molecule has 0 bridgehead atoms. The second-order valence-electron chi connectivity index (χ2n) is 6.54. The van der Waals surface area contributed by atoms with E-state index < -0.39 is 10.2 Å². The van der Waals surface area contributed by atoms with Crippen LogP contribution in [0.25, 0.3) is 0 Å². The summed E-state index contributed by atoms with van der Waals surface area (Å²) in [7, 11) is 0.355. The molecule has 1 saturated heterocycles. The molecule has 1 rings (SSSR count). The number of nitrogens with zero attached hydrogens (tertiary/aromatic N) is 2. The van der Waals surface area contributed by atoms with E-state index in [1.165, 1.54) is 4.31 Å². The van der Waals surface area contributed by atoms with E-state index in [0.717, 1.165) is 32.5 Å². The van der Waals surface area contributed by atoms with Crippen LogP contribution in [-0.4, -0.2) is 70.0 Å². The number of likely N-dealkylation sites (tertiary alicyclic amines) is 1. The van der Waals surface area contributed by atoms with Gasteiger partial charge in [-0.3, -0.25) is 0 Å². The summed E-state index contributed by atoms with van der Waals surface area (Å²) >= 11 is 0. The van der Waals surface area contributed by atoms with Crippen LogP contribution in [0.4, 0.5) is 0 Å². The number of rotatable bonds is 8. The zero-order valence-corrected chi connectivity index (χ0v) is 14.9. The van der Waals surface area contributed by atoms with E-state index in [2.05, 4.69) is 42.8 Å². The SMILES string of the molecule is CC(C)NCCCN(C)S(=O)(=O)NC1CCN(C)CC1C. The van der Waals surface area contributed by atoms with Gasteiger partial charge in [-0.05, 0) is 38.9 Å². The molecule has 0 aromatic heterocycles. The second kappa shape index (κ2) is 8.43. The Morgan fingerprint density at radius 1 is 1.38 bits per heavy atom. The van der Waals surface area contributed by atoms with E-state index in [-0.39, 0.29) is 6.04 Å². The van der Waals surface area contributed by atoms with Crippen LogP contribution >= 0.6 is 0 Å². The predicted octanol–water partition coefficient (Wildman–Crippen LogP) is 0.481. The Morgan fingerprint density at radius 2 is 2.05 bits per heavy atom. The van der Waals surface area contributed by atoms with Crippen LogP contribution in [0.15, 0.2) is 0 Å². The summed E-state index contributed by atoms with van der Waals surface area (Å²) in [4.78, 5) is 2.25. The van der Waals surface area contributed by atoms with Crippen molar-refractivity contribution in [1.29, 1.82) is 0 Å². The molecule has 2 unspecified atom stereocenters. The van der Waals surface area contributed by atoms with Gasteiger partial charge in [0.25, 0.3) is 10.2 Å². The van der Waals surface area contributed by atoms with Crippen molar-refractivity contribution in [3.05, 3.63) is 0 Å². The Kier molecular flexibility index (Phi) is 7.56. The summed E-state index contributed by atoms with van der Waals surface area (Å²) in [6.45, 7) is 9.54. The summed E-state index contributed by atoms with van der Waals surface area (Å²) < 4.78 is 29.0. The maximum atomic E-state index is 12.3. The van der Waals surface area contributed by atoms with Crippen LogP contribution in [0, 0.1) is 5.92 Å². The maximum Gasteiger partial charge on any atom is 0.279 e. The number of piperidine rings is 1. The Balaban J connectivity index is 2.41. The largest absolute Gasteiger partial charge is 0.314 e. The highest BCUT2D eigenvalue weighted by Crippen LogP contribution is 2.16. The van der Waals surface area contributed by atoms with Crippen molar-refractivity contribution in [2.45, 2.75) is 45.7 Å². The van der Waals surface area contributed by atoms with E-state index in [0.29, 0.717) is 18.5 Å². The molecule has 0 amide bonds. The van der Waals surface area contributed by atoms with E-state index >= 15 is 0 Å². The number of hydrogen-bond donors (Lipinski definition) is 2. The van der Waals surface area contributed by atoms with Gasteiger partial charge >= 0.3 is 0 Å². The van der Waals surface area contributed by atoms with Crippen molar-refractivity contribution in [2.24, 2.45) is 5.92 Å². The first kappa shape index (κ1) is 18.8. The van der Waals surface area contributed by atoms with E-state index in [9.17, 15) is 8.42 Å². The van der Waals surface area contributed by atoms with Gasteiger partial charge < -0.3 is 10.2 Å². The lowest BCUT2D eigenvalue weighted by atomic mass is 9.95. The molecule has 0 aromatic carbocycles. The van der Waals surface area contributed by atoms with E-state index in [1.54, 1.807) is 7.05 Å². The fraction of sp³-hybridized carbons (Fsp3) is 1.00. The first-order valence-corrected chi connectivity index (χ1v) is 9.32. The Morgan fingerprint density at radius 3 is 2.62 bits per heavy atom. The summed E-state index contributed by atoms with van der Waals surface area (Å²) in [5.41, 5.74) is 0. The molecule has 1 fully saturated rings. The second-order valence-corrected chi connectivity index (χ2v) is 8.35. The summed E-state index contributed by atoms with van der Waals surface area (Å²) in [6.07, 6.45) is 1.69. The molecule has 2 N–H and O–H groups in total. The summed E-state index contributed by atoms with van der Waals surface area (Å²) in [5, 5.41) is 3.30. The van der Waals surface area contributed by atoms with Crippen LogP contribution in [0.1, 0.15) is 33.6 Å². The van der Waals surface area contributed by atoms with Gasteiger partial charge in [-0.15, -0.1) is 0 Å². The average Bonchev–Trinajstić information content (AvgIpc) is 2.37. The van der Waals surface area contributed by atoms with Crippen molar-refractivity contribution in [1.82, 2.24) is 19.2 Å². The van der Waals surface area contributed by atoms with Gasteiger partial charge in [0.1, 0.15) is 0 Å². The molecule has 7 heteroatoms. The van der Waals surface area contributed by atoms with E-state index in [1.807, 2.05) is 0 Å². The summed E-state index contributed by atoms with van der Waals surface area (Å²) in [5.74, 6) is 0.342. The molecule has 1 aliphatic heterocycles. The lowest BCUT2D eigenvalue weighted by molar-refractivity contribution is 0.187. The minimum atomic E-state index is -3.37. The van der Waals surface area contributed by atoms with Crippen LogP contribution in [-0.2, 0) is 10.2 Å². The highest BCUT2D eigenvalue weighted by Gasteiger charge is 2.29. The lowest BCUT2D eigenvalue weighted by Crippen LogP contribution is -2.52. The molecule has 0 aliphatic carbocycles. The predicted molar refractivity (Wildman–Crippen MR) is 87.5 cm³/mol. The third-order valence-corrected chi connectivity index (χ3v) is 5.63. The zero-order chi connectivity index (χ0) is 16.0. The standard InChI is InChI=1S/C14H32N4O2S/c1-12(2)15-8-6-9-18(5)21(19,20)16-14-7-10-17(4)11-13(14)3/h12-16H,6-11H2,1-5H3. The monoisotopic (exact) mass is 320 g/mol. The van der Waals surface area contributed by atoms with Crippen molar-refractivity contribution < 1.29 is 8.42 Å². The van der Waals surface area contributed by atoms with Gasteiger partial charge in [0, 0.05) is 32.2 Å². The third-order valence-electron chi connectivity index (χ3n) is 4.02. The molecular formula is C14H32N4O2S. The smallest absolute Gasteiger partial charge is 0.279 e. The van der Waals surface area contributed by atoms with E-state index in [4.69, 9.17) is 0 Å². The van der Waals surface area contributed by atoms with Crippen molar-refractivity contribution in [3.63, 3.8) is 0 Å². The third kappa shape index (κ3) is 6.61. The van der Waals surface area contributed by atoms with Gasteiger partial charge in [0.05, 0.1) is 0 Å². The van der Waals surface area contributed by atoms with Gasteiger partial charge in [0.15, 0.2) is 0 Å². The summed E-state index contributed by atoms with van der Waals surface area (Å²) in [6, 6.07) is 0.479. The molecule has 0 saturated carbocycles. The minimum absolute atomic E-state index is 0.0439. The fourth-order valence-corrected chi connectivity index (χ4v) is 3.91. The zero-order valence-electron chi connectivity index (χ0n) is 14.1. The minimum Gasteiger partial charge on any atom is -0.314 e. The molecule has 0 aromatic rings. The highest BCUT2D eigenvalue weighted by atomic mass is 32.2. The Bertz CT molecular complexity index is 400. The highest BCUT2D eigenvalue weighted by molar-refractivity contribution is 7.87. The fourth-order valence-electron chi connectivity index (χ4n) is 2.62. The van der Waals surface area contributed by atoms with Crippen molar-refractivity contribution in [3.8, 4) is 0 Å². The maximum absolute atomic E-state index is 12.3. The van der Waals surface area contributed by atoms with Crippen molar-refractivity contribution >= 4 is 10.2 Å². The number of hydrogen-bond acceptors (Lipinski definition) is 4. The molecule has 0 spiro atoms. The van der Waals surface area contributed by atoms with Gasteiger partial charge in [-0.1, -0.05) is 20.8 Å². The van der Waals surface area contributed by atoms with Gasteiger partial charge in [0.2, 0.25) is 0 Å². The normalized spacial score (nSPS) is 24.9. The average molecular weight is 321 g/mol. The van der Waals surface area contributed by atoms with Gasteiger partial charge in [-0.2, -0.15) is 17.4 Å². The molecule has 1 aliphatic rings. The molecule has 6 nitrogen and oxygen atoms in total. The first-order chi connectivity index (χ1) is 9.72. The molecule has 2 atom stereocenters. The Labute approximate surface area is 130 Å². The molecular weight excluding hydrogens is 288 g/mol. The van der Waals surface area contributed by atoms with Crippen LogP contribution in [0.5, 0.6) is 0 Å². The molecule has 0 radical (unpaired) electrons. The molecule has 1 heterocycles. The number of nitrogens with one attached hydrogen (secondary N) is 2. The quantitative estimate of drug-likeness (QED) is 0.639. The van der Waals surface area contributed by atoms with Crippen LogP contribution in [0.2, 0.25) is 0 Å².